The molecular weight excluding hydrogens is 298 g/mol. The lowest BCUT2D eigenvalue weighted by Gasteiger charge is -2.20. The normalized spacial score (nSPS) is 13.5. The maximum atomic E-state index is 12.3. The number of para-hydroxylation sites is 1. The number of rotatable bonds is 6. The van der Waals surface area contributed by atoms with E-state index in [-0.39, 0.29) is 18.0 Å². The molecule has 0 saturated carbocycles. The average molecular weight is 317 g/mol. The second-order valence-electron chi connectivity index (χ2n) is 5.46. The molecule has 2 rings (SSSR count). The Morgan fingerprint density at radius 3 is 2.70 bits per heavy atom. The van der Waals surface area contributed by atoms with Crippen LogP contribution in [0.5, 0.6) is 0 Å². The van der Waals surface area contributed by atoms with Crippen LogP contribution in [0.2, 0.25) is 0 Å². The van der Waals surface area contributed by atoms with Crippen LogP contribution < -0.4 is 10.9 Å². The van der Waals surface area contributed by atoms with Crippen molar-refractivity contribution in [1.29, 1.82) is 0 Å². The summed E-state index contributed by atoms with van der Waals surface area (Å²) in [6.45, 7) is 3.34. The van der Waals surface area contributed by atoms with E-state index in [4.69, 9.17) is 0 Å². The molecule has 1 heterocycles. The van der Waals surface area contributed by atoms with Crippen molar-refractivity contribution in [2.75, 3.05) is 0 Å². The number of carbonyl (C=O) groups excluding carboxylic acids is 1. The molecule has 0 spiro atoms. The summed E-state index contributed by atoms with van der Waals surface area (Å²) >= 11 is 0. The molecule has 0 fully saturated rings. The molecule has 2 aromatic rings. The van der Waals surface area contributed by atoms with Gasteiger partial charge in [0.05, 0.1) is 17.2 Å². The van der Waals surface area contributed by atoms with Crippen LogP contribution in [0.15, 0.2) is 35.4 Å². The third-order valence-electron chi connectivity index (χ3n) is 3.84. The molecule has 122 valence electrons. The first kappa shape index (κ1) is 16.7. The highest BCUT2D eigenvalue weighted by Crippen LogP contribution is 2.08. The molecule has 2 atom stereocenters. The molecule has 7 heteroatoms. The van der Waals surface area contributed by atoms with Crippen LogP contribution in [0, 0.1) is 5.92 Å². The van der Waals surface area contributed by atoms with Gasteiger partial charge in [0.25, 0.3) is 5.56 Å². The van der Waals surface area contributed by atoms with Crippen molar-refractivity contribution in [2.45, 2.75) is 32.9 Å². The smallest absolute Gasteiger partial charge is 0.326 e. The lowest BCUT2D eigenvalue weighted by molar-refractivity contribution is -0.143. The van der Waals surface area contributed by atoms with Crippen LogP contribution in [0.25, 0.3) is 10.9 Å². The van der Waals surface area contributed by atoms with Gasteiger partial charge in [0.2, 0.25) is 5.91 Å². The van der Waals surface area contributed by atoms with E-state index in [0.29, 0.717) is 17.3 Å². The predicted octanol–water partition coefficient (Wildman–Crippen LogP) is 1.01. The maximum absolute atomic E-state index is 12.3. The zero-order valence-corrected chi connectivity index (χ0v) is 13.0. The number of carbonyl (C=O) groups is 2. The fraction of sp³-hybridized carbons (Fsp3) is 0.375. The van der Waals surface area contributed by atoms with Gasteiger partial charge in [-0.25, -0.2) is 9.78 Å². The van der Waals surface area contributed by atoms with Crippen LogP contribution >= 0.6 is 0 Å². The molecule has 1 amide bonds. The highest BCUT2D eigenvalue weighted by molar-refractivity contribution is 5.84. The topological polar surface area (TPSA) is 101 Å². The maximum Gasteiger partial charge on any atom is 0.326 e. The van der Waals surface area contributed by atoms with Crippen molar-refractivity contribution in [3.05, 3.63) is 40.9 Å². The summed E-state index contributed by atoms with van der Waals surface area (Å²) in [5.74, 6) is -1.82. The van der Waals surface area contributed by atoms with E-state index in [1.165, 1.54) is 10.9 Å². The molecule has 0 bridgehead atoms. The highest BCUT2D eigenvalue weighted by Gasteiger charge is 2.25. The number of carboxylic acid groups (broad SMARTS) is 1. The quantitative estimate of drug-likeness (QED) is 0.828. The number of fused-ring (bicyclic) bond motifs is 1. The minimum Gasteiger partial charge on any atom is -0.480 e. The van der Waals surface area contributed by atoms with Gasteiger partial charge in [-0.2, -0.15) is 0 Å². The van der Waals surface area contributed by atoms with Crippen molar-refractivity contribution in [1.82, 2.24) is 14.9 Å². The summed E-state index contributed by atoms with van der Waals surface area (Å²) in [7, 11) is 0. The van der Waals surface area contributed by atoms with Gasteiger partial charge in [-0.15, -0.1) is 0 Å². The number of benzene rings is 1. The number of aromatic nitrogens is 2. The molecular formula is C16H19N3O4. The minimum atomic E-state index is -1.09. The van der Waals surface area contributed by atoms with E-state index in [1.807, 2.05) is 6.92 Å². The molecule has 0 aliphatic heterocycles. The first-order chi connectivity index (χ1) is 10.9. The molecule has 0 aliphatic carbocycles. The Bertz CT molecular complexity index is 784. The van der Waals surface area contributed by atoms with Gasteiger partial charge in [0, 0.05) is 0 Å². The number of nitrogens with one attached hydrogen (secondary N) is 1. The minimum absolute atomic E-state index is 0.206. The molecule has 1 aromatic carbocycles. The first-order valence-corrected chi connectivity index (χ1v) is 7.40. The summed E-state index contributed by atoms with van der Waals surface area (Å²) in [5.41, 5.74) is 0.221. The summed E-state index contributed by atoms with van der Waals surface area (Å²) in [5, 5.41) is 12.1. The van der Waals surface area contributed by atoms with Gasteiger partial charge in [-0.1, -0.05) is 32.4 Å². The lowest BCUT2D eigenvalue weighted by Crippen LogP contribution is -2.46. The molecule has 0 saturated heterocycles. The first-order valence-electron chi connectivity index (χ1n) is 7.40. The Kier molecular flexibility index (Phi) is 5.10. The zero-order chi connectivity index (χ0) is 17.0. The fourth-order valence-electron chi connectivity index (χ4n) is 2.28. The molecule has 0 radical (unpaired) electrons. The number of nitrogens with zero attached hydrogens (tertiary/aromatic N) is 2. The Labute approximate surface area is 133 Å². The largest absolute Gasteiger partial charge is 0.480 e. The van der Waals surface area contributed by atoms with Crippen molar-refractivity contribution in [3.63, 3.8) is 0 Å². The standard InChI is InChI=1S/C16H19N3O4/c1-3-10(2)14(16(22)23)18-13(20)8-19-9-17-12-7-5-4-6-11(12)15(19)21/h4-7,9-10,14H,3,8H2,1-2H3,(H,18,20)(H,22,23). The van der Waals surface area contributed by atoms with Gasteiger partial charge in [0.15, 0.2) is 0 Å². The Balaban J connectivity index is 2.19. The summed E-state index contributed by atoms with van der Waals surface area (Å²) in [6, 6.07) is 5.87. The predicted molar refractivity (Wildman–Crippen MR) is 85.0 cm³/mol. The van der Waals surface area contributed by atoms with Crippen molar-refractivity contribution < 1.29 is 14.7 Å². The van der Waals surface area contributed by atoms with Crippen molar-refractivity contribution >= 4 is 22.8 Å². The second-order valence-corrected chi connectivity index (χ2v) is 5.46. The van der Waals surface area contributed by atoms with E-state index >= 15 is 0 Å². The van der Waals surface area contributed by atoms with E-state index in [0.717, 1.165) is 0 Å². The number of hydrogen-bond acceptors (Lipinski definition) is 4. The van der Waals surface area contributed by atoms with Crippen molar-refractivity contribution in [2.24, 2.45) is 5.92 Å². The van der Waals surface area contributed by atoms with Crippen LogP contribution in [0.4, 0.5) is 0 Å². The van der Waals surface area contributed by atoms with E-state index in [1.54, 1.807) is 31.2 Å². The molecule has 2 N–H and O–H groups in total. The Hall–Kier alpha value is -2.70. The van der Waals surface area contributed by atoms with Crippen LogP contribution in [-0.2, 0) is 16.1 Å². The second kappa shape index (κ2) is 7.04. The fourth-order valence-corrected chi connectivity index (χ4v) is 2.28. The monoisotopic (exact) mass is 317 g/mol. The number of hydrogen-bond donors (Lipinski definition) is 2. The van der Waals surface area contributed by atoms with Gasteiger partial charge in [-0.3, -0.25) is 14.2 Å². The van der Waals surface area contributed by atoms with Crippen molar-refractivity contribution in [3.8, 4) is 0 Å². The third-order valence-corrected chi connectivity index (χ3v) is 3.84. The SMILES string of the molecule is CCC(C)C(NC(=O)Cn1cnc2ccccc2c1=O)C(=O)O. The summed E-state index contributed by atoms with van der Waals surface area (Å²) < 4.78 is 1.17. The molecule has 0 aliphatic rings. The Morgan fingerprint density at radius 2 is 2.04 bits per heavy atom. The highest BCUT2D eigenvalue weighted by atomic mass is 16.4. The van der Waals surface area contributed by atoms with Gasteiger partial charge in [-0.05, 0) is 18.1 Å². The zero-order valence-electron chi connectivity index (χ0n) is 13.0. The molecule has 7 nitrogen and oxygen atoms in total. The lowest BCUT2D eigenvalue weighted by atomic mass is 9.99. The van der Waals surface area contributed by atoms with Gasteiger partial charge >= 0.3 is 5.97 Å². The summed E-state index contributed by atoms with van der Waals surface area (Å²) in [6.07, 6.45) is 1.91. The molecule has 2 unspecified atom stereocenters. The van der Waals surface area contributed by atoms with Gasteiger partial charge < -0.3 is 10.4 Å². The summed E-state index contributed by atoms with van der Waals surface area (Å²) in [4.78, 5) is 39.7. The number of carboxylic acids is 1. The van der Waals surface area contributed by atoms with Gasteiger partial charge in [0.1, 0.15) is 12.6 Å². The Morgan fingerprint density at radius 1 is 1.35 bits per heavy atom. The third kappa shape index (κ3) is 3.74. The molecule has 1 aromatic heterocycles. The van der Waals surface area contributed by atoms with E-state index in [2.05, 4.69) is 10.3 Å². The van der Waals surface area contributed by atoms with E-state index in [9.17, 15) is 19.5 Å². The number of amides is 1. The number of aliphatic carboxylic acids is 1. The van der Waals surface area contributed by atoms with Crippen LogP contribution in [0.1, 0.15) is 20.3 Å². The molecule has 23 heavy (non-hydrogen) atoms. The average Bonchev–Trinajstić information content (AvgIpc) is 2.54. The van der Waals surface area contributed by atoms with E-state index < -0.39 is 17.9 Å². The van der Waals surface area contributed by atoms with Crippen LogP contribution in [-0.4, -0.2) is 32.6 Å². The van der Waals surface area contributed by atoms with Crippen LogP contribution in [0.3, 0.4) is 0 Å².